The Labute approximate surface area is 243 Å². The molecule has 0 spiro atoms. The molecule has 0 aliphatic carbocycles. The maximum atomic E-state index is 13.9. The van der Waals surface area contributed by atoms with Gasteiger partial charge in [0.05, 0.1) is 30.5 Å². The van der Waals surface area contributed by atoms with Gasteiger partial charge in [0.2, 0.25) is 5.91 Å². The van der Waals surface area contributed by atoms with Crippen LogP contribution in [-0.2, 0) is 4.79 Å². The second kappa shape index (κ2) is 17.8. The minimum Gasteiger partial charge on any atom is -0.393 e. The van der Waals surface area contributed by atoms with E-state index in [9.17, 15) is 36.6 Å². The zero-order chi connectivity index (χ0) is 31.2. The number of nitrogens with one attached hydrogen (secondary N) is 2. The number of aliphatic hydroxyl groups is 2. The Balaban J connectivity index is 0.00000154. The molecule has 3 unspecified atom stereocenters. The van der Waals surface area contributed by atoms with Gasteiger partial charge in [-0.3, -0.25) is 14.6 Å². The number of carbonyl (C=O) groups excluding carboxylic acids is 2. The summed E-state index contributed by atoms with van der Waals surface area (Å²) in [6.45, 7) is 6.57. The molecule has 0 bridgehead atoms. The van der Waals surface area contributed by atoms with Gasteiger partial charge in [-0.15, -0.1) is 23.1 Å². The van der Waals surface area contributed by atoms with Crippen LogP contribution < -0.4 is 10.6 Å². The Morgan fingerprint density at radius 2 is 1.85 bits per heavy atom. The van der Waals surface area contributed by atoms with Crippen LogP contribution >= 0.6 is 23.1 Å². The summed E-state index contributed by atoms with van der Waals surface area (Å²) in [6.07, 6.45) is -2.87. The van der Waals surface area contributed by atoms with E-state index in [1.165, 1.54) is 6.07 Å². The van der Waals surface area contributed by atoms with Gasteiger partial charge in [-0.2, -0.15) is 13.2 Å². The first-order valence-electron chi connectivity index (χ1n) is 12.4. The largest absolute Gasteiger partial charge is 0.393 e. The van der Waals surface area contributed by atoms with E-state index in [1.54, 1.807) is 13.2 Å². The van der Waals surface area contributed by atoms with Crippen LogP contribution in [0.25, 0.3) is 10.6 Å². The summed E-state index contributed by atoms with van der Waals surface area (Å²) in [5.41, 5.74) is -0.388. The molecule has 8 nitrogen and oxygen atoms in total. The number of aliphatic imine (C=N–C) groups is 1. The Morgan fingerprint density at radius 1 is 1.24 bits per heavy atom. The molecule has 0 aliphatic heterocycles. The molecule has 0 saturated carbocycles. The number of carbonyl (C=O) groups is 2. The zero-order valence-corrected chi connectivity index (χ0v) is 24.3. The molecule has 41 heavy (non-hydrogen) atoms. The third-order valence-corrected chi connectivity index (χ3v) is 7.07. The number of rotatable bonds is 12. The average Bonchev–Trinajstić information content (AvgIpc) is 3.39. The normalized spacial score (nSPS) is 13.9. The highest BCUT2D eigenvalue weighted by molar-refractivity contribution is 8.13. The monoisotopic (exact) mass is 624 g/mol. The maximum Gasteiger partial charge on any atom is 0.389 e. The van der Waals surface area contributed by atoms with E-state index in [-0.39, 0.29) is 39.4 Å². The molecular formula is C26H33F5N4O4S2. The van der Waals surface area contributed by atoms with Gasteiger partial charge < -0.3 is 20.8 Å². The van der Waals surface area contributed by atoms with Crippen LogP contribution in [-0.4, -0.2) is 69.3 Å². The van der Waals surface area contributed by atoms with E-state index >= 15 is 0 Å². The SMILES string of the molecule is C=CN=C(SC)C(O)C(CCCC(F)(F)F)NC(=O)CNC(=O)c1cnc(-c2c(F)cccc2F)s1.CCC(C)O. The van der Waals surface area contributed by atoms with Crippen molar-refractivity contribution < 1.29 is 41.8 Å². The fraction of sp³-hybridized carbons (Fsp3) is 0.462. The first kappa shape index (κ1) is 36.1. The summed E-state index contributed by atoms with van der Waals surface area (Å²) in [5.74, 6) is -3.23. The summed E-state index contributed by atoms with van der Waals surface area (Å²) >= 11 is 1.75. The van der Waals surface area contributed by atoms with E-state index in [0.717, 1.165) is 42.7 Å². The number of nitrogens with zero attached hydrogens (tertiary/aromatic N) is 2. The summed E-state index contributed by atoms with van der Waals surface area (Å²) in [6, 6.07) is 2.17. The van der Waals surface area contributed by atoms with Crippen molar-refractivity contribution in [2.45, 2.75) is 64.0 Å². The average molecular weight is 625 g/mol. The van der Waals surface area contributed by atoms with Crippen LogP contribution in [0, 0.1) is 11.6 Å². The number of thiazole rings is 1. The Bertz CT molecular complexity index is 1150. The van der Waals surface area contributed by atoms with E-state index < -0.39 is 54.7 Å². The Hall–Kier alpha value is -2.88. The van der Waals surface area contributed by atoms with Crippen LogP contribution in [0.3, 0.4) is 0 Å². The first-order valence-corrected chi connectivity index (χ1v) is 14.4. The van der Waals surface area contributed by atoms with Crippen molar-refractivity contribution in [3.05, 3.63) is 53.7 Å². The summed E-state index contributed by atoms with van der Waals surface area (Å²) < 4.78 is 65.6. The maximum absolute atomic E-state index is 13.9. The lowest BCUT2D eigenvalue weighted by molar-refractivity contribution is -0.136. The van der Waals surface area contributed by atoms with Crippen LogP contribution in [0.15, 0.2) is 42.2 Å². The number of thioether (sulfide) groups is 1. The third kappa shape index (κ3) is 13.1. The summed E-state index contributed by atoms with van der Waals surface area (Å²) in [4.78, 5) is 32.5. The van der Waals surface area contributed by atoms with Crippen LogP contribution in [0.2, 0.25) is 0 Å². The second-order valence-electron chi connectivity index (χ2n) is 8.55. The molecule has 2 rings (SSSR count). The van der Waals surface area contributed by atoms with E-state index in [1.807, 2.05) is 6.92 Å². The molecule has 3 atom stereocenters. The van der Waals surface area contributed by atoms with E-state index in [4.69, 9.17) is 5.11 Å². The molecule has 2 amide bonds. The van der Waals surface area contributed by atoms with Crippen molar-refractivity contribution in [3.8, 4) is 10.6 Å². The van der Waals surface area contributed by atoms with Gasteiger partial charge in [0.1, 0.15) is 32.7 Å². The lowest BCUT2D eigenvalue weighted by Gasteiger charge is -2.25. The number of hydrogen-bond acceptors (Lipinski definition) is 8. The van der Waals surface area contributed by atoms with E-state index in [2.05, 4.69) is 27.2 Å². The second-order valence-corrected chi connectivity index (χ2v) is 10.4. The van der Waals surface area contributed by atoms with Gasteiger partial charge >= 0.3 is 6.18 Å². The van der Waals surface area contributed by atoms with Gasteiger partial charge in [-0.25, -0.2) is 13.8 Å². The highest BCUT2D eigenvalue weighted by atomic mass is 32.2. The van der Waals surface area contributed by atoms with Gasteiger partial charge in [0, 0.05) is 12.6 Å². The number of hydrogen-bond donors (Lipinski definition) is 4. The molecule has 1 aromatic carbocycles. The van der Waals surface area contributed by atoms with Crippen molar-refractivity contribution in [2.24, 2.45) is 4.99 Å². The number of alkyl halides is 3. The van der Waals surface area contributed by atoms with Gasteiger partial charge in [-0.05, 0) is 44.6 Å². The Morgan fingerprint density at radius 3 is 2.37 bits per heavy atom. The molecule has 0 fully saturated rings. The van der Waals surface area contributed by atoms with Gasteiger partial charge in [0.15, 0.2) is 0 Å². The number of halogens is 5. The Kier molecular flexibility index (Phi) is 15.7. The van der Waals surface area contributed by atoms with Crippen molar-refractivity contribution in [3.63, 3.8) is 0 Å². The van der Waals surface area contributed by atoms with Crippen molar-refractivity contribution in [2.75, 3.05) is 12.8 Å². The smallest absolute Gasteiger partial charge is 0.389 e. The number of amides is 2. The topological polar surface area (TPSA) is 124 Å². The van der Waals surface area contributed by atoms with Crippen molar-refractivity contribution >= 4 is 40.0 Å². The third-order valence-electron chi connectivity index (χ3n) is 5.29. The fourth-order valence-electron chi connectivity index (χ4n) is 3.05. The van der Waals surface area contributed by atoms with Crippen LogP contribution in [0.4, 0.5) is 22.0 Å². The standard InChI is InChI=1S/C22H23F5N4O3S2.C4H10O/c1-3-28-21(35-2)18(33)14(8-5-9-22(25,26)27)31-16(32)11-29-19(34)15-10-30-20(36-15)17-12(23)6-4-7-13(17)24;1-3-4(2)5/h3-4,6-7,10,14,18,33H,1,5,8-9,11H2,2H3,(H,29,34)(H,31,32);4-5H,3H2,1-2H3. The minimum absolute atomic E-state index is 0.0231. The molecule has 0 radical (unpaired) electrons. The molecule has 2 aromatic rings. The van der Waals surface area contributed by atoms with Crippen molar-refractivity contribution in [1.29, 1.82) is 0 Å². The predicted octanol–water partition coefficient (Wildman–Crippen LogP) is 5.08. The van der Waals surface area contributed by atoms with Gasteiger partial charge in [-0.1, -0.05) is 19.6 Å². The van der Waals surface area contributed by atoms with Crippen molar-refractivity contribution in [1.82, 2.24) is 15.6 Å². The van der Waals surface area contributed by atoms with Crippen LogP contribution in [0.1, 0.15) is 49.2 Å². The molecular weight excluding hydrogens is 591 g/mol. The number of aliphatic hydroxyl groups excluding tert-OH is 2. The molecule has 0 aliphatic rings. The highest BCUT2D eigenvalue weighted by Crippen LogP contribution is 2.30. The van der Waals surface area contributed by atoms with E-state index in [0.29, 0.717) is 11.3 Å². The molecule has 1 aromatic heterocycles. The number of aromatic nitrogens is 1. The molecule has 15 heteroatoms. The molecule has 4 N–H and O–H groups in total. The highest BCUT2D eigenvalue weighted by Gasteiger charge is 2.30. The predicted molar refractivity (Wildman–Crippen MR) is 151 cm³/mol. The minimum atomic E-state index is -4.40. The first-order chi connectivity index (χ1) is 19.2. The molecule has 1 heterocycles. The quantitative estimate of drug-likeness (QED) is 0.148. The lowest BCUT2D eigenvalue weighted by Crippen LogP contribution is -2.49. The molecule has 0 saturated heterocycles. The number of benzene rings is 1. The molecule has 228 valence electrons. The van der Waals surface area contributed by atoms with Crippen LogP contribution in [0.5, 0.6) is 0 Å². The summed E-state index contributed by atoms with van der Waals surface area (Å²) in [7, 11) is 0. The lowest BCUT2D eigenvalue weighted by atomic mass is 10.0. The summed E-state index contributed by atoms with van der Waals surface area (Å²) in [5, 5.41) is 23.7. The van der Waals surface area contributed by atoms with Gasteiger partial charge in [0.25, 0.3) is 5.91 Å². The zero-order valence-electron chi connectivity index (χ0n) is 22.7. The fourth-order valence-corrected chi connectivity index (χ4v) is 4.51.